The molecule has 3 aromatic rings. The van der Waals surface area contributed by atoms with Crippen molar-refractivity contribution >= 4 is 5.91 Å². The molecule has 0 radical (unpaired) electrons. The van der Waals surface area contributed by atoms with Crippen molar-refractivity contribution in [2.24, 2.45) is 0 Å². The Morgan fingerprint density at radius 2 is 2.04 bits per heavy atom. The molecule has 0 saturated carbocycles. The van der Waals surface area contributed by atoms with Crippen molar-refractivity contribution < 1.29 is 14.1 Å². The molecule has 7 nitrogen and oxygen atoms in total. The van der Waals surface area contributed by atoms with Crippen molar-refractivity contribution in [2.45, 2.75) is 32.8 Å². The first kappa shape index (κ1) is 18.2. The monoisotopic (exact) mass is 378 g/mol. The molecule has 28 heavy (non-hydrogen) atoms. The van der Waals surface area contributed by atoms with Crippen LogP contribution in [0.15, 0.2) is 47.1 Å². The van der Waals surface area contributed by atoms with E-state index < -0.39 is 0 Å². The van der Waals surface area contributed by atoms with Gasteiger partial charge in [0, 0.05) is 30.9 Å². The number of likely N-dealkylation sites (tertiary alicyclic amines) is 1. The minimum atomic E-state index is -0.0126. The molecule has 0 bridgehead atoms. The van der Waals surface area contributed by atoms with Crippen molar-refractivity contribution in [1.29, 1.82) is 0 Å². The van der Waals surface area contributed by atoms with Gasteiger partial charge in [-0.1, -0.05) is 22.9 Å². The summed E-state index contributed by atoms with van der Waals surface area (Å²) in [5, 5.41) is 4.09. The maximum absolute atomic E-state index is 12.6. The Kier molecular flexibility index (Phi) is 5.06. The smallest absolute Gasteiger partial charge is 0.264 e. The molecule has 1 atom stereocenters. The maximum atomic E-state index is 12.6. The van der Waals surface area contributed by atoms with Crippen LogP contribution in [0.5, 0.6) is 5.75 Å². The Morgan fingerprint density at radius 1 is 1.21 bits per heavy atom. The van der Waals surface area contributed by atoms with Gasteiger partial charge in [-0.15, -0.1) is 0 Å². The van der Waals surface area contributed by atoms with Crippen LogP contribution in [0, 0.1) is 13.8 Å². The molecule has 1 aliphatic heterocycles. The minimum Gasteiger partial charge on any atom is -0.484 e. The van der Waals surface area contributed by atoms with E-state index in [4.69, 9.17) is 9.26 Å². The molecule has 2 aromatic heterocycles. The zero-order chi connectivity index (χ0) is 19.5. The van der Waals surface area contributed by atoms with Gasteiger partial charge in [-0.2, -0.15) is 4.98 Å². The standard InChI is InChI=1S/C21H22N4O3/c1-14-3-7-18(8-4-14)27-13-19-23-20(24-28-19)17-9-10-25(12-17)21(26)16-6-5-15(2)22-11-16/h3-8,11,17H,9-10,12-13H2,1-2H3. The summed E-state index contributed by atoms with van der Waals surface area (Å²) >= 11 is 0. The Balaban J connectivity index is 1.35. The summed E-state index contributed by atoms with van der Waals surface area (Å²) in [6.45, 7) is 5.39. The second-order valence-corrected chi connectivity index (χ2v) is 7.07. The van der Waals surface area contributed by atoms with Gasteiger partial charge in [0.1, 0.15) is 5.75 Å². The molecule has 0 aliphatic carbocycles. The fourth-order valence-corrected chi connectivity index (χ4v) is 3.20. The van der Waals surface area contributed by atoms with Crippen molar-refractivity contribution in [2.75, 3.05) is 13.1 Å². The number of pyridine rings is 1. The van der Waals surface area contributed by atoms with E-state index in [9.17, 15) is 4.79 Å². The number of ether oxygens (including phenoxy) is 1. The largest absolute Gasteiger partial charge is 0.484 e. The van der Waals surface area contributed by atoms with Crippen LogP contribution < -0.4 is 4.74 Å². The number of benzene rings is 1. The number of hydrogen-bond donors (Lipinski definition) is 0. The van der Waals surface area contributed by atoms with Gasteiger partial charge in [0.25, 0.3) is 11.8 Å². The molecule has 0 spiro atoms. The molecule has 1 unspecified atom stereocenters. The molecular weight excluding hydrogens is 356 g/mol. The lowest BCUT2D eigenvalue weighted by Crippen LogP contribution is -2.28. The molecule has 144 valence electrons. The van der Waals surface area contributed by atoms with Crippen LogP contribution in [0.4, 0.5) is 0 Å². The van der Waals surface area contributed by atoms with Crippen molar-refractivity contribution in [3.05, 3.63) is 71.1 Å². The number of aromatic nitrogens is 3. The summed E-state index contributed by atoms with van der Waals surface area (Å²) in [5.41, 5.74) is 2.67. The number of aryl methyl sites for hydroxylation is 2. The first-order valence-electron chi connectivity index (χ1n) is 9.32. The van der Waals surface area contributed by atoms with Crippen LogP contribution in [0.1, 0.15) is 45.7 Å². The van der Waals surface area contributed by atoms with E-state index in [-0.39, 0.29) is 18.4 Å². The Hall–Kier alpha value is -3.22. The fourth-order valence-electron chi connectivity index (χ4n) is 3.20. The molecule has 3 heterocycles. The number of nitrogens with zero attached hydrogens (tertiary/aromatic N) is 4. The summed E-state index contributed by atoms with van der Waals surface area (Å²) in [6, 6.07) is 11.5. The lowest BCUT2D eigenvalue weighted by molar-refractivity contribution is 0.0790. The molecule has 1 saturated heterocycles. The summed E-state index contributed by atoms with van der Waals surface area (Å²) in [7, 11) is 0. The average Bonchev–Trinajstić information content (AvgIpc) is 3.37. The molecule has 1 aromatic carbocycles. The second kappa shape index (κ2) is 7.80. The number of carbonyl (C=O) groups is 1. The van der Waals surface area contributed by atoms with Crippen molar-refractivity contribution in [1.82, 2.24) is 20.0 Å². The predicted octanol–water partition coefficient (Wildman–Crippen LogP) is 3.29. The zero-order valence-electron chi connectivity index (χ0n) is 16.0. The SMILES string of the molecule is Cc1ccc(OCc2nc(C3CCN(C(=O)c4ccc(C)nc4)C3)no2)cc1. The fraction of sp³-hybridized carbons (Fsp3) is 0.333. The second-order valence-electron chi connectivity index (χ2n) is 7.07. The van der Waals surface area contributed by atoms with Crippen LogP contribution in [-0.2, 0) is 6.61 Å². The Labute approximate surface area is 163 Å². The molecule has 0 N–H and O–H groups in total. The average molecular weight is 378 g/mol. The third kappa shape index (κ3) is 4.03. The van der Waals surface area contributed by atoms with Gasteiger partial charge in [-0.25, -0.2) is 0 Å². The number of hydrogen-bond acceptors (Lipinski definition) is 6. The molecular formula is C21H22N4O3. The number of amides is 1. The lowest BCUT2D eigenvalue weighted by Gasteiger charge is -2.15. The van der Waals surface area contributed by atoms with Crippen LogP contribution >= 0.6 is 0 Å². The molecule has 4 rings (SSSR count). The normalized spacial score (nSPS) is 16.4. The van der Waals surface area contributed by atoms with Gasteiger partial charge < -0.3 is 14.2 Å². The topological polar surface area (TPSA) is 81.4 Å². The van der Waals surface area contributed by atoms with Crippen LogP contribution in [0.3, 0.4) is 0 Å². The summed E-state index contributed by atoms with van der Waals surface area (Å²) < 4.78 is 11.0. The molecule has 1 fully saturated rings. The number of rotatable bonds is 5. The van der Waals surface area contributed by atoms with Crippen molar-refractivity contribution in [3.63, 3.8) is 0 Å². The van der Waals surface area contributed by atoms with Crippen molar-refractivity contribution in [3.8, 4) is 5.75 Å². The van der Waals surface area contributed by atoms with E-state index in [1.807, 2.05) is 55.1 Å². The highest BCUT2D eigenvalue weighted by atomic mass is 16.5. The third-order valence-electron chi connectivity index (χ3n) is 4.87. The van der Waals surface area contributed by atoms with Gasteiger partial charge in [-0.3, -0.25) is 9.78 Å². The predicted molar refractivity (Wildman–Crippen MR) is 102 cm³/mol. The quantitative estimate of drug-likeness (QED) is 0.678. The Morgan fingerprint density at radius 3 is 2.79 bits per heavy atom. The molecule has 1 amide bonds. The molecule has 1 aliphatic rings. The summed E-state index contributed by atoms with van der Waals surface area (Å²) in [4.78, 5) is 23.1. The van der Waals surface area contributed by atoms with Gasteiger partial charge in [0.2, 0.25) is 0 Å². The van der Waals surface area contributed by atoms with E-state index >= 15 is 0 Å². The highest BCUT2D eigenvalue weighted by molar-refractivity contribution is 5.94. The van der Waals surface area contributed by atoms with Crippen LogP contribution in [0.2, 0.25) is 0 Å². The van der Waals surface area contributed by atoms with Crippen LogP contribution in [-0.4, -0.2) is 39.0 Å². The first-order chi connectivity index (χ1) is 13.6. The molecule has 7 heteroatoms. The van der Waals surface area contributed by atoms with E-state index in [1.54, 1.807) is 6.20 Å². The summed E-state index contributed by atoms with van der Waals surface area (Å²) in [6.07, 6.45) is 2.43. The van der Waals surface area contributed by atoms with E-state index in [2.05, 4.69) is 15.1 Å². The highest BCUT2D eigenvalue weighted by Gasteiger charge is 2.31. The third-order valence-corrected chi connectivity index (χ3v) is 4.87. The lowest BCUT2D eigenvalue weighted by atomic mass is 10.1. The van der Waals surface area contributed by atoms with Gasteiger partial charge >= 0.3 is 0 Å². The number of carbonyl (C=O) groups excluding carboxylic acids is 1. The minimum absolute atomic E-state index is 0.0126. The van der Waals surface area contributed by atoms with E-state index in [0.717, 1.165) is 17.9 Å². The van der Waals surface area contributed by atoms with Gasteiger partial charge in [-0.05, 0) is 44.5 Å². The van der Waals surface area contributed by atoms with E-state index in [1.165, 1.54) is 5.56 Å². The highest BCUT2D eigenvalue weighted by Crippen LogP contribution is 2.26. The first-order valence-corrected chi connectivity index (χ1v) is 9.32. The maximum Gasteiger partial charge on any atom is 0.264 e. The van der Waals surface area contributed by atoms with Crippen LogP contribution in [0.25, 0.3) is 0 Å². The zero-order valence-corrected chi connectivity index (χ0v) is 16.0. The van der Waals surface area contributed by atoms with E-state index in [0.29, 0.717) is 30.4 Å². The summed E-state index contributed by atoms with van der Waals surface area (Å²) in [5.74, 6) is 1.87. The van der Waals surface area contributed by atoms with Gasteiger partial charge in [0.15, 0.2) is 12.4 Å². The van der Waals surface area contributed by atoms with Gasteiger partial charge in [0.05, 0.1) is 5.56 Å². The Bertz CT molecular complexity index is 951.